The molecule has 0 spiro atoms. The summed E-state index contributed by atoms with van der Waals surface area (Å²) >= 11 is 0. The summed E-state index contributed by atoms with van der Waals surface area (Å²) in [7, 11) is 0. The minimum absolute atomic E-state index is 0.722. The van der Waals surface area contributed by atoms with Crippen LogP contribution in [0, 0.1) is 0 Å². The van der Waals surface area contributed by atoms with Crippen molar-refractivity contribution < 1.29 is 5.53 Å². The van der Waals surface area contributed by atoms with Gasteiger partial charge in [-0.1, -0.05) is 0 Å². The summed E-state index contributed by atoms with van der Waals surface area (Å²) in [4.78, 5) is 0. The van der Waals surface area contributed by atoms with E-state index in [1.807, 2.05) is 6.92 Å². The fourth-order valence-electron chi connectivity index (χ4n) is 0. The van der Waals surface area contributed by atoms with Gasteiger partial charge in [-0.25, -0.2) is 0 Å². The van der Waals surface area contributed by atoms with Crippen molar-refractivity contribution in [1.29, 1.82) is 0 Å². The first-order valence-corrected chi connectivity index (χ1v) is 1.28. The third-order valence-electron chi connectivity index (χ3n) is 0.183. The Kier molecular flexibility index (Phi) is 2.34. The molecular weight excluding hydrogens is 52.0 g/mol. The third kappa shape index (κ3) is 1.60. The van der Waals surface area contributed by atoms with Crippen LogP contribution >= 0.6 is 0 Å². The molecule has 0 aromatic carbocycles. The molecule has 0 aromatic rings. The predicted molar refractivity (Wildman–Crippen MR) is 14.9 cm³/mol. The third-order valence-corrected chi connectivity index (χ3v) is 0.183. The molecular formula is C2H7N2+. The van der Waals surface area contributed by atoms with Gasteiger partial charge in [-0.2, -0.15) is 5.53 Å². The molecule has 0 aliphatic heterocycles. The molecule has 2 N–H and O–H groups in total. The van der Waals surface area contributed by atoms with Crippen LogP contribution < -0.4 is 5.53 Å². The monoisotopic (exact) mass is 59.1 g/mol. The predicted octanol–water partition coefficient (Wildman–Crippen LogP) is -0.782. The first-order chi connectivity index (χ1) is 1.91. The number of hydrogen-bond donors (Lipinski definition) is 1. The van der Waals surface area contributed by atoms with Gasteiger partial charge < -0.3 is 0 Å². The van der Waals surface area contributed by atoms with Crippen LogP contribution in [0.15, 0.2) is 5.11 Å². The Balaban J connectivity index is 2.30. The summed E-state index contributed by atoms with van der Waals surface area (Å²) in [5.41, 5.74) is 4.65. The Hall–Kier alpha value is -0.400. The molecule has 4 heavy (non-hydrogen) atoms. The summed E-state index contributed by atoms with van der Waals surface area (Å²) < 4.78 is 0. The topological polar surface area (TPSA) is 38.0 Å². The Morgan fingerprint density at radius 1 is 2.00 bits per heavy atom. The molecule has 0 radical (unpaired) electrons. The second kappa shape index (κ2) is 2.60. The van der Waals surface area contributed by atoms with Gasteiger partial charge in [0.25, 0.3) is 0 Å². The Labute approximate surface area is 25.3 Å². The van der Waals surface area contributed by atoms with Gasteiger partial charge in [0, 0.05) is 0 Å². The zero-order valence-corrected chi connectivity index (χ0v) is 2.73. The highest BCUT2D eigenvalue weighted by Crippen LogP contribution is 1.45. The fourth-order valence-corrected chi connectivity index (χ4v) is 0. The summed E-state index contributed by atoms with van der Waals surface area (Å²) in [6, 6.07) is 0. The van der Waals surface area contributed by atoms with E-state index in [1.165, 1.54) is 0 Å². The summed E-state index contributed by atoms with van der Waals surface area (Å²) in [5, 5.41) is 3.24. The van der Waals surface area contributed by atoms with Crippen LogP contribution in [-0.4, -0.2) is 6.54 Å². The van der Waals surface area contributed by atoms with E-state index in [4.69, 9.17) is 0 Å². The molecule has 0 atom stereocenters. The van der Waals surface area contributed by atoms with Gasteiger partial charge in [0.15, 0.2) is 0 Å². The van der Waals surface area contributed by atoms with Crippen LogP contribution in [0.5, 0.6) is 0 Å². The Bertz CT molecular complexity index is 18.0. The van der Waals surface area contributed by atoms with Gasteiger partial charge >= 0.3 is 0 Å². The van der Waals surface area contributed by atoms with Gasteiger partial charge in [0.2, 0.25) is 0 Å². The lowest BCUT2D eigenvalue weighted by atomic mass is 10.8. The average Bonchev–Trinajstić information content (AvgIpc) is 1.37. The summed E-state index contributed by atoms with van der Waals surface area (Å²) in [5.74, 6) is 0. The smallest absolute Gasteiger partial charge is 0.0984 e. The molecule has 0 bridgehead atoms. The number of nitrogens with two attached hydrogens (primary N) is 1. The zero-order chi connectivity index (χ0) is 3.41. The minimum Gasteiger partial charge on any atom is -0.157 e. The number of rotatable bonds is 1. The van der Waals surface area contributed by atoms with Crippen molar-refractivity contribution in [2.24, 2.45) is 5.11 Å². The van der Waals surface area contributed by atoms with Crippen molar-refractivity contribution in [2.45, 2.75) is 6.92 Å². The van der Waals surface area contributed by atoms with Crippen LogP contribution in [0.25, 0.3) is 0 Å². The maximum absolute atomic E-state index is 4.65. The van der Waals surface area contributed by atoms with Gasteiger partial charge in [-0.15, -0.1) is 0 Å². The molecule has 0 heterocycles. The highest BCUT2D eigenvalue weighted by atomic mass is 14.9. The number of hydrogen-bond acceptors (Lipinski definition) is 1. The molecule has 2 heteroatoms. The van der Waals surface area contributed by atoms with Crippen molar-refractivity contribution in [3.05, 3.63) is 0 Å². The molecule has 0 saturated heterocycles. The van der Waals surface area contributed by atoms with Crippen molar-refractivity contribution in [2.75, 3.05) is 6.54 Å². The first-order valence-electron chi connectivity index (χ1n) is 1.28. The van der Waals surface area contributed by atoms with E-state index in [9.17, 15) is 0 Å². The first kappa shape index (κ1) is 3.60. The lowest BCUT2D eigenvalue weighted by Crippen LogP contribution is -2.23. The fraction of sp³-hybridized carbons (Fsp3) is 1.00. The van der Waals surface area contributed by atoms with Crippen molar-refractivity contribution >= 4 is 0 Å². The van der Waals surface area contributed by atoms with Crippen molar-refractivity contribution in [3.8, 4) is 0 Å². The van der Waals surface area contributed by atoms with Crippen LogP contribution in [0.3, 0.4) is 0 Å². The largest absolute Gasteiger partial charge is 0.157 e. The Morgan fingerprint density at radius 2 is 2.25 bits per heavy atom. The molecule has 0 rings (SSSR count). The van der Waals surface area contributed by atoms with E-state index in [0.29, 0.717) is 0 Å². The quantitative estimate of drug-likeness (QED) is 0.385. The SMILES string of the molecule is CCN=[NH2+]. The van der Waals surface area contributed by atoms with E-state index in [0.717, 1.165) is 6.54 Å². The molecule has 24 valence electrons. The van der Waals surface area contributed by atoms with Gasteiger partial charge in [-0.3, -0.25) is 0 Å². The van der Waals surface area contributed by atoms with Crippen molar-refractivity contribution in [1.82, 2.24) is 0 Å². The van der Waals surface area contributed by atoms with Crippen LogP contribution in [0.4, 0.5) is 0 Å². The maximum atomic E-state index is 4.65. The van der Waals surface area contributed by atoms with E-state index >= 15 is 0 Å². The second-order valence-electron chi connectivity index (χ2n) is 0.499. The lowest BCUT2D eigenvalue weighted by Gasteiger charge is -1.50. The Morgan fingerprint density at radius 3 is 2.25 bits per heavy atom. The minimum atomic E-state index is 0.722. The van der Waals surface area contributed by atoms with Gasteiger partial charge in [-0.05, 0) is 12.0 Å². The second-order valence-corrected chi connectivity index (χ2v) is 0.499. The molecule has 0 amide bonds. The van der Waals surface area contributed by atoms with Gasteiger partial charge in [0.1, 0.15) is 0 Å². The average molecular weight is 59.1 g/mol. The molecule has 0 saturated carbocycles. The summed E-state index contributed by atoms with van der Waals surface area (Å²) in [6.07, 6.45) is 0. The van der Waals surface area contributed by atoms with Crippen molar-refractivity contribution in [3.63, 3.8) is 0 Å². The van der Waals surface area contributed by atoms with E-state index in [2.05, 4.69) is 10.6 Å². The van der Waals surface area contributed by atoms with Crippen LogP contribution in [0.1, 0.15) is 6.92 Å². The highest BCUT2D eigenvalue weighted by Gasteiger charge is 1.52. The molecule has 0 aliphatic rings. The zero-order valence-electron chi connectivity index (χ0n) is 2.73. The molecule has 2 nitrogen and oxygen atoms in total. The molecule has 0 aliphatic carbocycles. The summed E-state index contributed by atoms with van der Waals surface area (Å²) in [6.45, 7) is 2.61. The van der Waals surface area contributed by atoms with Crippen LogP contribution in [0.2, 0.25) is 0 Å². The molecule has 0 aromatic heterocycles. The molecule has 0 fully saturated rings. The number of nitrogens with zero attached hydrogens (tertiary/aromatic N) is 1. The lowest BCUT2D eigenvalue weighted by molar-refractivity contribution is -0.221. The maximum Gasteiger partial charge on any atom is 0.0984 e. The highest BCUT2D eigenvalue weighted by molar-refractivity contribution is 4.06. The van der Waals surface area contributed by atoms with Gasteiger partial charge in [0.05, 0.1) is 6.54 Å². The van der Waals surface area contributed by atoms with E-state index in [-0.39, 0.29) is 0 Å². The van der Waals surface area contributed by atoms with E-state index in [1.54, 1.807) is 0 Å². The van der Waals surface area contributed by atoms with Crippen LogP contribution in [-0.2, 0) is 0 Å². The normalized spacial score (nSPS) is 6.25. The molecule has 0 unspecified atom stereocenters. The van der Waals surface area contributed by atoms with E-state index < -0.39 is 0 Å². The standard InChI is InChI=1S/C2H6N2/c1-2-4-3/h3H,2H2,1H3/p+1.